The minimum Gasteiger partial charge on any atom is -0.493 e. The highest BCUT2D eigenvalue weighted by Gasteiger charge is 2.20. The van der Waals surface area contributed by atoms with Gasteiger partial charge in [-0.05, 0) is 29.8 Å². The van der Waals surface area contributed by atoms with Crippen molar-refractivity contribution >= 4 is 10.9 Å². The van der Waals surface area contributed by atoms with E-state index in [9.17, 15) is 10.1 Å². The molecular formula is C24H27N5O3. The van der Waals surface area contributed by atoms with E-state index in [1.54, 1.807) is 20.3 Å². The van der Waals surface area contributed by atoms with E-state index in [4.69, 9.17) is 14.5 Å². The minimum absolute atomic E-state index is 0.00523. The van der Waals surface area contributed by atoms with Crippen LogP contribution in [0, 0.1) is 11.3 Å². The van der Waals surface area contributed by atoms with E-state index >= 15 is 0 Å². The van der Waals surface area contributed by atoms with Crippen LogP contribution in [-0.4, -0.2) is 59.7 Å². The summed E-state index contributed by atoms with van der Waals surface area (Å²) in [4.78, 5) is 22.2. The van der Waals surface area contributed by atoms with Crippen molar-refractivity contribution in [1.29, 1.82) is 5.26 Å². The molecule has 2 aromatic carbocycles. The van der Waals surface area contributed by atoms with Gasteiger partial charge < -0.3 is 9.47 Å². The summed E-state index contributed by atoms with van der Waals surface area (Å²) in [7, 11) is 3.28. The van der Waals surface area contributed by atoms with Crippen LogP contribution < -0.4 is 15.0 Å². The molecule has 3 aromatic rings. The Morgan fingerprint density at radius 2 is 1.66 bits per heavy atom. The van der Waals surface area contributed by atoms with Crippen molar-refractivity contribution in [2.24, 2.45) is 0 Å². The van der Waals surface area contributed by atoms with Gasteiger partial charge in [-0.25, -0.2) is 4.98 Å². The van der Waals surface area contributed by atoms with Gasteiger partial charge in [0.15, 0.2) is 11.5 Å². The summed E-state index contributed by atoms with van der Waals surface area (Å²) >= 11 is 0. The van der Waals surface area contributed by atoms with Gasteiger partial charge in [0.05, 0.1) is 37.7 Å². The molecule has 166 valence electrons. The summed E-state index contributed by atoms with van der Waals surface area (Å²) in [6, 6.07) is 15.4. The monoisotopic (exact) mass is 433 g/mol. The lowest BCUT2D eigenvalue weighted by atomic mass is 10.1. The average molecular weight is 434 g/mol. The first-order valence-corrected chi connectivity index (χ1v) is 10.6. The Morgan fingerprint density at radius 1 is 0.969 bits per heavy atom. The van der Waals surface area contributed by atoms with Crippen molar-refractivity contribution < 1.29 is 9.47 Å². The van der Waals surface area contributed by atoms with Gasteiger partial charge in [-0.2, -0.15) is 5.26 Å². The molecule has 2 heterocycles. The van der Waals surface area contributed by atoms with Crippen LogP contribution in [0.4, 0.5) is 0 Å². The van der Waals surface area contributed by atoms with Gasteiger partial charge in [0, 0.05) is 32.7 Å². The largest absolute Gasteiger partial charge is 0.493 e. The first-order valence-electron chi connectivity index (χ1n) is 10.6. The number of hydrogen-bond acceptors (Lipinski definition) is 7. The van der Waals surface area contributed by atoms with Gasteiger partial charge in [0.25, 0.3) is 5.56 Å². The first kappa shape index (κ1) is 21.8. The molecule has 1 aliphatic rings. The SMILES string of the molecule is COc1ccc(CN2CCN(Cc3nc4ccccc4c(=O)n3CC#N)CC2)cc1OC. The van der Waals surface area contributed by atoms with Gasteiger partial charge in [-0.1, -0.05) is 18.2 Å². The molecule has 1 saturated heterocycles. The first-order chi connectivity index (χ1) is 15.6. The second-order valence-electron chi connectivity index (χ2n) is 7.84. The van der Waals surface area contributed by atoms with Gasteiger partial charge in [0.1, 0.15) is 12.4 Å². The zero-order chi connectivity index (χ0) is 22.5. The Bertz CT molecular complexity index is 1190. The van der Waals surface area contributed by atoms with E-state index in [0.29, 0.717) is 23.3 Å². The smallest absolute Gasteiger partial charge is 0.262 e. The van der Waals surface area contributed by atoms with Crippen molar-refractivity contribution in [2.45, 2.75) is 19.6 Å². The van der Waals surface area contributed by atoms with Crippen LogP contribution in [0.5, 0.6) is 11.5 Å². The lowest BCUT2D eigenvalue weighted by Gasteiger charge is -2.34. The molecule has 1 fully saturated rings. The number of nitriles is 1. The van der Waals surface area contributed by atoms with Crippen molar-refractivity contribution in [3.05, 3.63) is 64.2 Å². The third-order valence-corrected chi connectivity index (χ3v) is 5.85. The molecule has 0 spiro atoms. The highest BCUT2D eigenvalue weighted by Crippen LogP contribution is 2.28. The Morgan fingerprint density at radius 3 is 2.34 bits per heavy atom. The van der Waals surface area contributed by atoms with Crippen LogP contribution in [-0.2, 0) is 19.6 Å². The lowest BCUT2D eigenvalue weighted by Crippen LogP contribution is -2.46. The van der Waals surface area contributed by atoms with Crippen LogP contribution in [0.25, 0.3) is 10.9 Å². The standard InChI is InChI=1S/C24H27N5O3/c1-31-21-8-7-18(15-22(21)32-2)16-27-11-13-28(14-12-27)17-23-26-20-6-4-3-5-19(20)24(30)29(23)10-9-25/h3-8,15H,10-14,16-17H2,1-2H3. The third-order valence-electron chi connectivity index (χ3n) is 5.85. The number of para-hydroxylation sites is 1. The summed E-state index contributed by atoms with van der Waals surface area (Å²) in [5, 5.41) is 9.76. The predicted molar refractivity (Wildman–Crippen MR) is 122 cm³/mol. The average Bonchev–Trinajstić information content (AvgIpc) is 2.82. The number of fused-ring (bicyclic) bond motifs is 1. The molecule has 0 aliphatic carbocycles. The molecule has 0 atom stereocenters. The van der Waals surface area contributed by atoms with Gasteiger partial charge in [-0.3, -0.25) is 19.2 Å². The molecule has 0 bridgehead atoms. The maximum Gasteiger partial charge on any atom is 0.262 e. The van der Waals surface area contributed by atoms with Crippen molar-refractivity contribution in [2.75, 3.05) is 40.4 Å². The van der Waals surface area contributed by atoms with Gasteiger partial charge in [0.2, 0.25) is 0 Å². The number of nitrogens with zero attached hydrogens (tertiary/aromatic N) is 5. The van der Waals surface area contributed by atoms with E-state index < -0.39 is 0 Å². The fourth-order valence-corrected chi connectivity index (χ4v) is 4.11. The Labute approximate surface area is 187 Å². The Balaban J connectivity index is 1.43. The number of benzene rings is 2. The summed E-state index contributed by atoms with van der Waals surface area (Å²) in [6.07, 6.45) is 0. The summed E-state index contributed by atoms with van der Waals surface area (Å²) < 4.78 is 12.2. The number of aromatic nitrogens is 2. The van der Waals surface area contributed by atoms with Gasteiger partial charge >= 0.3 is 0 Å². The number of methoxy groups -OCH3 is 2. The van der Waals surface area contributed by atoms with Crippen LogP contribution in [0.2, 0.25) is 0 Å². The summed E-state index contributed by atoms with van der Waals surface area (Å²) in [6.45, 7) is 4.93. The summed E-state index contributed by atoms with van der Waals surface area (Å²) in [5.41, 5.74) is 1.70. The molecule has 1 aliphatic heterocycles. The molecule has 0 amide bonds. The number of rotatable bonds is 7. The molecule has 0 radical (unpaired) electrons. The van der Waals surface area contributed by atoms with Gasteiger partial charge in [-0.15, -0.1) is 0 Å². The zero-order valence-electron chi connectivity index (χ0n) is 18.5. The van der Waals surface area contributed by atoms with E-state index in [-0.39, 0.29) is 12.1 Å². The van der Waals surface area contributed by atoms with Crippen LogP contribution in [0.15, 0.2) is 47.3 Å². The molecular weight excluding hydrogens is 406 g/mol. The van der Waals surface area contributed by atoms with Crippen LogP contribution in [0.1, 0.15) is 11.4 Å². The highest BCUT2D eigenvalue weighted by atomic mass is 16.5. The van der Waals surface area contributed by atoms with Crippen molar-refractivity contribution in [3.8, 4) is 17.6 Å². The molecule has 0 N–H and O–H groups in total. The molecule has 0 saturated carbocycles. The molecule has 0 unspecified atom stereocenters. The molecule has 8 nitrogen and oxygen atoms in total. The Hall–Kier alpha value is -3.41. The van der Waals surface area contributed by atoms with Crippen LogP contribution >= 0.6 is 0 Å². The van der Waals surface area contributed by atoms with E-state index in [0.717, 1.165) is 44.2 Å². The second kappa shape index (κ2) is 9.81. The minimum atomic E-state index is -0.153. The number of piperazine rings is 1. The molecule has 1 aromatic heterocycles. The maximum absolute atomic E-state index is 12.9. The second-order valence-corrected chi connectivity index (χ2v) is 7.84. The highest BCUT2D eigenvalue weighted by molar-refractivity contribution is 5.77. The number of ether oxygens (including phenoxy) is 2. The van der Waals surface area contributed by atoms with Crippen molar-refractivity contribution in [3.63, 3.8) is 0 Å². The maximum atomic E-state index is 12.9. The van der Waals surface area contributed by atoms with E-state index in [2.05, 4.69) is 21.9 Å². The zero-order valence-corrected chi connectivity index (χ0v) is 18.5. The molecule has 4 rings (SSSR count). The lowest BCUT2D eigenvalue weighted by molar-refractivity contribution is 0.118. The van der Waals surface area contributed by atoms with E-state index in [1.807, 2.05) is 30.3 Å². The predicted octanol–water partition coefficient (Wildman–Crippen LogP) is 2.26. The summed E-state index contributed by atoms with van der Waals surface area (Å²) in [5.74, 6) is 2.11. The fourth-order valence-electron chi connectivity index (χ4n) is 4.11. The topological polar surface area (TPSA) is 83.6 Å². The quantitative estimate of drug-likeness (QED) is 0.565. The molecule has 32 heavy (non-hydrogen) atoms. The fraction of sp³-hybridized carbons (Fsp3) is 0.375. The number of hydrogen-bond donors (Lipinski definition) is 0. The Kier molecular flexibility index (Phi) is 6.69. The van der Waals surface area contributed by atoms with Crippen LogP contribution in [0.3, 0.4) is 0 Å². The normalized spacial score (nSPS) is 14.9. The van der Waals surface area contributed by atoms with Crippen molar-refractivity contribution in [1.82, 2.24) is 19.4 Å². The third kappa shape index (κ3) is 4.59. The molecule has 8 heteroatoms. The van der Waals surface area contributed by atoms with E-state index in [1.165, 1.54) is 10.1 Å².